The maximum Gasteiger partial charge on any atom is 0.251 e. The Morgan fingerprint density at radius 3 is 2.80 bits per heavy atom. The molecule has 2 atom stereocenters. The molecule has 3 rings (SSSR count). The first-order valence-electron chi connectivity index (χ1n) is 7.24. The number of hydrogen-bond donors (Lipinski definition) is 1. The van der Waals surface area contributed by atoms with Gasteiger partial charge in [-0.1, -0.05) is 26.0 Å². The molecule has 0 radical (unpaired) electrons. The molecule has 1 aromatic heterocycles. The molecule has 1 amide bonds. The first-order valence-corrected chi connectivity index (χ1v) is 7.24. The van der Waals surface area contributed by atoms with Crippen molar-refractivity contribution < 1.29 is 6.22 Å². The van der Waals surface area contributed by atoms with Crippen LogP contribution in [-0.4, -0.2) is 17.9 Å². The minimum Gasteiger partial charge on any atom is -0.355 e. The van der Waals surface area contributed by atoms with E-state index in [-0.39, 0.29) is 12.7 Å². The molecule has 1 aromatic carbocycles. The van der Waals surface area contributed by atoms with E-state index in [0.29, 0.717) is 11.5 Å². The number of hydrogen-bond acceptors (Lipinski definition) is 2. The van der Waals surface area contributed by atoms with Gasteiger partial charge in [0.05, 0.1) is 5.52 Å². The zero-order valence-electron chi connectivity index (χ0n) is 12.2. The third kappa shape index (κ3) is 1.80. The Balaban J connectivity index is 0.00000161. The highest BCUT2D eigenvalue weighted by Crippen LogP contribution is 2.55. The van der Waals surface area contributed by atoms with Gasteiger partial charge in [-0.05, 0) is 37.0 Å². The quantitative estimate of drug-likeness (QED) is 0.927. The maximum absolute atomic E-state index is 11.9. The molecule has 0 spiro atoms. The van der Waals surface area contributed by atoms with Gasteiger partial charge in [0, 0.05) is 30.5 Å². The van der Waals surface area contributed by atoms with Gasteiger partial charge in [-0.15, -0.1) is 0 Å². The van der Waals surface area contributed by atoms with Crippen molar-refractivity contribution in [2.45, 2.75) is 32.1 Å². The number of carbonyl (C=O) groups excluding carboxylic acids is 1. The van der Waals surface area contributed by atoms with E-state index in [4.69, 9.17) is 4.98 Å². The molecule has 106 valence electrons. The number of nitrogens with zero attached hydrogens (tertiary/aromatic N) is 1. The fourth-order valence-electron chi connectivity index (χ4n) is 3.28. The molecule has 1 saturated carbocycles. The molecule has 1 aliphatic rings. The highest BCUT2D eigenvalue weighted by Gasteiger charge is 2.51. The number of fused-ring (bicyclic) bond motifs is 1. The van der Waals surface area contributed by atoms with Crippen molar-refractivity contribution in [3.8, 4) is 0 Å². The van der Waals surface area contributed by atoms with Gasteiger partial charge in [-0.3, -0.25) is 9.78 Å². The molecule has 3 nitrogen and oxygen atoms in total. The summed E-state index contributed by atoms with van der Waals surface area (Å²) in [6.07, 6.45) is 2.35. The molecule has 1 fully saturated rings. The smallest absolute Gasteiger partial charge is 0.251 e. The third-order valence-electron chi connectivity index (χ3n) is 4.80. The standard InChI is InChI=1S/C17H20N2O.H2/c1-4-17(10-11(17)2)15-9-8-12-13(16(20)18-3)6-5-7-14(12)19-15;/h5-9,11H,4,10H2,1-3H3,(H,18,20);1H. The number of rotatable bonds is 3. The van der Waals surface area contributed by atoms with E-state index in [0.717, 1.165) is 17.3 Å². The summed E-state index contributed by atoms with van der Waals surface area (Å²) in [6, 6.07) is 9.88. The van der Waals surface area contributed by atoms with Gasteiger partial charge in [-0.2, -0.15) is 0 Å². The van der Waals surface area contributed by atoms with Gasteiger partial charge in [0.15, 0.2) is 0 Å². The van der Waals surface area contributed by atoms with Crippen molar-refractivity contribution in [2.24, 2.45) is 5.92 Å². The maximum atomic E-state index is 11.9. The van der Waals surface area contributed by atoms with Gasteiger partial charge in [0.2, 0.25) is 0 Å². The van der Waals surface area contributed by atoms with Gasteiger partial charge in [0.1, 0.15) is 0 Å². The molecule has 1 heterocycles. The Morgan fingerprint density at radius 2 is 2.20 bits per heavy atom. The Bertz CT molecular complexity index is 682. The van der Waals surface area contributed by atoms with Gasteiger partial charge >= 0.3 is 0 Å². The summed E-state index contributed by atoms with van der Waals surface area (Å²) in [4.78, 5) is 16.7. The fraction of sp³-hybridized carbons (Fsp3) is 0.412. The van der Waals surface area contributed by atoms with Crippen LogP contribution in [0.1, 0.15) is 44.2 Å². The summed E-state index contributed by atoms with van der Waals surface area (Å²) in [5.74, 6) is 0.648. The summed E-state index contributed by atoms with van der Waals surface area (Å²) >= 11 is 0. The summed E-state index contributed by atoms with van der Waals surface area (Å²) in [5.41, 5.74) is 3.04. The molecule has 20 heavy (non-hydrogen) atoms. The second-order valence-corrected chi connectivity index (χ2v) is 5.76. The molecular formula is C17H22N2O. The van der Waals surface area contributed by atoms with Crippen molar-refractivity contribution in [3.05, 3.63) is 41.6 Å². The van der Waals surface area contributed by atoms with Crippen LogP contribution in [0, 0.1) is 5.92 Å². The molecule has 0 saturated heterocycles. The van der Waals surface area contributed by atoms with Crippen LogP contribution >= 0.6 is 0 Å². The number of aromatic nitrogens is 1. The van der Waals surface area contributed by atoms with E-state index < -0.39 is 0 Å². The van der Waals surface area contributed by atoms with Crippen LogP contribution in [0.15, 0.2) is 30.3 Å². The lowest BCUT2D eigenvalue weighted by Gasteiger charge is -2.15. The lowest BCUT2D eigenvalue weighted by Crippen LogP contribution is -2.18. The largest absolute Gasteiger partial charge is 0.355 e. The van der Waals surface area contributed by atoms with Crippen molar-refractivity contribution in [1.29, 1.82) is 0 Å². The Hall–Kier alpha value is -1.90. The van der Waals surface area contributed by atoms with Crippen molar-refractivity contribution in [3.63, 3.8) is 0 Å². The van der Waals surface area contributed by atoms with E-state index in [9.17, 15) is 4.79 Å². The minimum atomic E-state index is -0.0601. The first-order chi connectivity index (χ1) is 9.62. The molecule has 1 N–H and O–H groups in total. The molecule has 2 aromatic rings. The highest BCUT2D eigenvalue weighted by atomic mass is 16.1. The van der Waals surface area contributed by atoms with Crippen LogP contribution in [0.2, 0.25) is 0 Å². The number of amides is 1. The van der Waals surface area contributed by atoms with Crippen LogP contribution in [0.3, 0.4) is 0 Å². The third-order valence-corrected chi connectivity index (χ3v) is 4.80. The predicted octanol–water partition coefficient (Wildman–Crippen LogP) is 3.53. The normalized spacial score (nSPS) is 24.6. The first kappa shape index (κ1) is 13.1. The number of carbonyl (C=O) groups is 1. The molecular weight excluding hydrogens is 248 g/mol. The average molecular weight is 270 g/mol. The Kier molecular flexibility index (Phi) is 3.00. The molecule has 0 bridgehead atoms. The number of benzene rings is 1. The van der Waals surface area contributed by atoms with Crippen LogP contribution in [-0.2, 0) is 5.41 Å². The SMILES string of the molecule is CCC1(c2ccc3c(C(=O)NC)cccc3n2)CC1C.[HH]. The highest BCUT2D eigenvalue weighted by molar-refractivity contribution is 6.06. The van der Waals surface area contributed by atoms with Crippen LogP contribution in [0.25, 0.3) is 10.9 Å². The summed E-state index contributed by atoms with van der Waals surface area (Å²) in [7, 11) is 1.65. The predicted molar refractivity (Wildman–Crippen MR) is 83.0 cm³/mol. The summed E-state index contributed by atoms with van der Waals surface area (Å²) in [5, 5.41) is 3.61. The Morgan fingerprint density at radius 1 is 1.45 bits per heavy atom. The summed E-state index contributed by atoms with van der Waals surface area (Å²) < 4.78 is 0. The van der Waals surface area contributed by atoms with E-state index in [1.165, 1.54) is 12.1 Å². The summed E-state index contributed by atoms with van der Waals surface area (Å²) in [6.45, 7) is 4.52. The molecule has 3 heteroatoms. The second kappa shape index (κ2) is 4.58. The monoisotopic (exact) mass is 270 g/mol. The zero-order valence-corrected chi connectivity index (χ0v) is 12.2. The second-order valence-electron chi connectivity index (χ2n) is 5.76. The fourth-order valence-corrected chi connectivity index (χ4v) is 3.28. The van der Waals surface area contributed by atoms with Crippen molar-refractivity contribution in [1.82, 2.24) is 10.3 Å². The molecule has 0 aliphatic heterocycles. The topological polar surface area (TPSA) is 42.0 Å². The van der Waals surface area contributed by atoms with Crippen molar-refractivity contribution >= 4 is 16.8 Å². The lowest BCUT2D eigenvalue weighted by molar-refractivity contribution is 0.0964. The van der Waals surface area contributed by atoms with E-state index in [1.54, 1.807) is 7.05 Å². The van der Waals surface area contributed by atoms with E-state index >= 15 is 0 Å². The number of pyridine rings is 1. The zero-order chi connectivity index (χ0) is 14.3. The van der Waals surface area contributed by atoms with Gasteiger partial charge in [0.25, 0.3) is 5.91 Å². The molecule has 2 unspecified atom stereocenters. The van der Waals surface area contributed by atoms with Gasteiger partial charge in [-0.25, -0.2) is 0 Å². The number of nitrogens with one attached hydrogen (secondary N) is 1. The lowest BCUT2D eigenvalue weighted by atomic mass is 9.94. The Labute approximate surface area is 120 Å². The van der Waals surface area contributed by atoms with E-state index in [2.05, 4.69) is 25.2 Å². The average Bonchev–Trinajstić information content (AvgIpc) is 3.17. The molecule has 1 aliphatic carbocycles. The van der Waals surface area contributed by atoms with Crippen LogP contribution < -0.4 is 5.32 Å². The van der Waals surface area contributed by atoms with Crippen LogP contribution in [0.4, 0.5) is 0 Å². The van der Waals surface area contributed by atoms with Gasteiger partial charge < -0.3 is 5.32 Å². The van der Waals surface area contributed by atoms with Crippen LogP contribution in [0.5, 0.6) is 0 Å². The van der Waals surface area contributed by atoms with Crippen molar-refractivity contribution in [2.75, 3.05) is 7.05 Å². The minimum absolute atomic E-state index is 0. The van der Waals surface area contributed by atoms with E-state index in [1.807, 2.05) is 24.3 Å².